The second-order valence-corrected chi connectivity index (χ2v) is 7.13. The predicted octanol–water partition coefficient (Wildman–Crippen LogP) is -0.494. The minimum absolute atomic E-state index is 0.402. The number of nitrogens with one attached hydrogen (secondary N) is 6. The summed E-state index contributed by atoms with van der Waals surface area (Å²) in [7, 11) is 0. The zero-order valence-electron chi connectivity index (χ0n) is 13.6. The summed E-state index contributed by atoms with van der Waals surface area (Å²) in [6, 6.07) is 0. The SMILES string of the molecule is OSC(=S)NCCNCCNCCNCCNCCNC(=S)SO. The molecule has 142 valence electrons. The molecule has 0 rings (SSSR count). The van der Waals surface area contributed by atoms with Crippen molar-refractivity contribution in [3.63, 3.8) is 0 Å². The van der Waals surface area contributed by atoms with Gasteiger partial charge in [0.05, 0.1) is 24.1 Å². The van der Waals surface area contributed by atoms with E-state index in [-0.39, 0.29) is 0 Å². The highest BCUT2D eigenvalue weighted by Crippen LogP contribution is 1.91. The molecule has 0 saturated heterocycles. The Morgan fingerprint density at radius 2 is 0.792 bits per heavy atom. The van der Waals surface area contributed by atoms with Gasteiger partial charge in [0.2, 0.25) is 0 Å². The van der Waals surface area contributed by atoms with E-state index in [4.69, 9.17) is 33.5 Å². The molecule has 0 amide bonds. The third kappa shape index (κ3) is 18.6. The standard InChI is InChI=1S/C12H28N6O2S4/c19-23-11(21)17-9-7-15-5-3-13-1-2-14-4-6-16-8-10-18-12(22)24-20/h13-16,19-20H,1-10H2,(H,17,21)(H,18,22). The lowest BCUT2D eigenvalue weighted by Gasteiger charge is -2.09. The number of thiocarbonyl (C=S) groups is 2. The van der Waals surface area contributed by atoms with Crippen LogP contribution in [0.15, 0.2) is 0 Å². The van der Waals surface area contributed by atoms with Crippen molar-refractivity contribution >= 4 is 57.2 Å². The second-order valence-electron chi connectivity index (χ2n) is 4.61. The Morgan fingerprint density at radius 3 is 1.04 bits per heavy atom. The van der Waals surface area contributed by atoms with Gasteiger partial charge in [-0.1, -0.05) is 24.4 Å². The molecule has 0 aromatic carbocycles. The van der Waals surface area contributed by atoms with Crippen LogP contribution < -0.4 is 31.9 Å². The van der Waals surface area contributed by atoms with Crippen molar-refractivity contribution in [1.82, 2.24) is 31.9 Å². The van der Waals surface area contributed by atoms with Gasteiger partial charge < -0.3 is 41.0 Å². The predicted molar refractivity (Wildman–Crippen MR) is 113 cm³/mol. The van der Waals surface area contributed by atoms with Gasteiger partial charge in [-0.2, -0.15) is 0 Å². The van der Waals surface area contributed by atoms with E-state index in [2.05, 4.69) is 31.9 Å². The van der Waals surface area contributed by atoms with Crippen molar-refractivity contribution in [3.05, 3.63) is 0 Å². The van der Waals surface area contributed by atoms with Gasteiger partial charge in [-0.05, 0) is 0 Å². The lowest BCUT2D eigenvalue weighted by atomic mass is 10.5. The molecule has 24 heavy (non-hydrogen) atoms. The van der Waals surface area contributed by atoms with Gasteiger partial charge in [-0.15, -0.1) is 0 Å². The molecule has 0 aromatic heterocycles. The Balaban J connectivity index is 3.05. The van der Waals surface area contributed by atoms with E-state index < -0.39 is 0 Å². The summed E-state index contributed by atoms with van der Waals surface area (Å²) in [6.07, 6.45) is 0. The minimum atomic E-state index is 0.402. The normalized spacial score (nSPS) is 10.6. The largest absolute Gasteiger partial charge is 0.368 e. The van der Waals surface area contributed by atoms with Crippen molar-refractivity contribution in [2.45, 2.75) is 0 Å². The van der Waals surface area contributed by atoms with Gasteiger partial charge in [-0.3, -0.25) is 0 Å². The first-order chi connectivity index (χ1) is 11.7. The van der Waals surface area contributed by atoms with E-state index in [0.717, 1.165) is 52.4 Å². The van der Waals surface area contributed by atoms with E-state index >= 15 is 0 Å². The maximum atomic E-state index is 8.64. The van der Waals surface area contributed by atoms with Crippen molar-refractivity contribution < 1.29 is 9.11 Å². The number of hydrogen-bond donors (Lipinski definition) is 8. The van der Waals surface area contributed by atoms with Crippen molar-refractivity contribution in [2.75, 3.05) is 65.4 Å². The van der Waals surface area contributed by atoms with Gasteiger partial charge in [0.15, 0.2) is 8.64 Å². The summed E-state index contributed by atoms with van der Waals surface area (Å²) in [4.78, 5) is 0. The Morgan fingerprint density at radius 1 is 0.542 bits per heavy atom. The van der Waals surface area contributed by atoms with Gasteiger partial charge in [0.25, 0.3) is 0 Å². The maximum Gasteiger partial charge on any atom is 0.161 e. The second kappa shape index (κ2) is 19.6. The summed E-state index contributed by atoms with van der Waals surface area (Å²) in [5.74, 6) is 0. The van der Waals surface area contributed by atoms with Crippen LogP contribution in [0.4, 0.5) is 0 Å². The summed E-state index contributed by atoms with van der Waals surface area (Å²) in [5, 5.41) is 19.0. The molecule has 0 aliphatic heterocycles. The van der Waals surface area contributed by atoms with Crippen molar-refractivity contribution in [1.29, 1.82) is 0 Å². The molecule has 0 atom stereocenters. The van der Waals surface area contributed by atoms with Crippen LogP contribution in [-0.4, -0.2) is 83.2 Å². The number of rotatable bonds is 15. The van der Waals surface area contributed by atoms with Crippen LogP contribution in [0.1, 0.15) is 0 Å². The molecule has 8 nitrogen and oxygen atoms in total. The highest BCUT2D eigenvalue weighted by Gasteiger charge is 1.94. The molecule has 0 fully saturated rings. The molecule has 0 saturated carbocycles. The lowest BCUT2D eigenvalue weighted by molar-refractivity contribution is 0.565. The van der Waals surface area contributed by atoms with Gasteiger partial charge in [0, 0.05) is 65.4 Å². The lowest BCUT2D eigenvalue weighted by Crippen LogP contribution is -2.37. The topological polar surface area (TPSA) is 113 Å². The maximum absolute atomic E-state index is 8.64. The van der Waals surface area contributed by atoms with Gasteiger partial charge in [0.1, 0.15) is 0 Å². The van der Waals surface area contributed by atoms with E-state index in [1.807, 2.05) is 0 Å². The Labute approximate surface area is 163 Å². The first-order valence-electron chi connectivity index (χ1n) is 7.72. The molecule has 0 aliphatic rings. The molecule has 0 radical (unpaired) electrons. The van der Waals surface area contributed by atoms with E-state index in [9.17, 15) is 0 Å². The van der Waals surface area contributed by atoms with Crippen LogP contribution >= 0.6 is 48.5 Å². The van der Waals surface area contributed by atoms with Crippen molar-refractivity contribution in [2.24, 2.45) is 0 Å². The molecule has 8 N–H and O–H groups in total. The van der Waals surface area contributed by atoms with E-state index in [0.29, 0.717) is 45.8 Å². The Hall–Kier alpha value is 0.240. The fraction of sp³-hybridized carbons (Fsp3) is 0.833. The van der Waals surface area contributed by atoms with Crippen LogP contribution in [0.5, 0.6) is 0 Å². The highest BCUT2D eigenvalue weighted by atomic mass is 32.2. The fourth-order valence-electron chi connectivity index (χ4n) is 1.60. The van der Waals surface area contributed by atoms with E-state index in [1.165, 1.54) is 0 Å². The average molecular weight is 417 g/mol. The van der Waals surface area contributed by atoms with Gasteiger partial charge >= 0.3 is 0 Å². The zero-order valence-corrected chi connectivity index (χ0v) is 16.9. The summed E-state index contributed by atoms with van der Waals surface area (Å²) < 4.78 is 18.1. The van der Waals surface area contributed by atoms with E-state index in [1.54, 1.807) is 0 Å². The summed E-state index contributed by atoms with van der Waals surface area (Å²) >= 11 is 10.7. The Bertz CT molecular complexity index is 298. The highest BCUT2D eigenvalue weighted by molar-refractivity contribution is 8.19. The molecule has 0 aliphatic carbocycles. The Kier molecular flexibility index (Phi) is 19.8. The third-order valence-corrected chi connectivity index (χ3v) is 4.10. The third-order valence-electron chi connectivity index (χ3n) is 2.74. The smallest absolute Gasteiger partial charge is 0.161 e. The molecular formula is C12H28N6O2S4. The molecule has 0 heterocycles. The average Bonchev–Trinajstić information content (AvgIpc) is 2.60. The molecule has 0 spiro atoms. The van der Waals surface area contributed by atoms with Crippen LogP contribution in [-0.2, 0) is 0 Å². The quantitative estimate of drug-likeness (QED) is 0.100. The molecular weight excluding hydrogens is 388 g/mol. The first-order valence-corrected chi connectivity index (χ1v) is 10.1. The summed E-state index contributed by atoms with van der Waals surface area (Å²) in [6.45, 7) is 8.49. The number of hydrogen-bond acceptors (Lipinski definition) is 10. The zero-order chi connectivity index (χ0) is 17.9. The van der Waals surface area contributed by atoms with Crippen LogP contribution in [0.2, 0.25) is 0 Å². The molecule has 12 heteroatoms. The molecule has 0 bridgehead atoms. The van der Waals surface area contributed by atoms with Crippen LogP contribution in [0, 0.1) is 0 Å². The van der Waals surface area contributed by atoms with Crippen LogP contribution in [0.3, 0.4) is 0 Å². The molecule has 0 aromatic rings. The fourth-order valence-corrected chi connectivity index (χ4v) is 2.14. The van der Waals surface area contributed by atoms with Crippen LogP contribution in [0.25, 0.3) is 0 Å². The van der Waals surface area contributed by atoms with Crippen molar-refractivity contribution in [3.8, 4) is 0 Å². The molecule has 0 unspecified atom stereocenters. The minimum Gasteiger partial charge on any atom is -0.368 e. The monoisotopic (exact) mass is 416 g/mol. The van der Waals surface area contributed by atoms with Gasteiger partial charge in [-0.25, -0.2) is 0 Å². The first kappa shape index (κ1) is 24.2. The summed E-state index contributed by atoms with van der Waals surface area (Å²) in [5.41, 5.74) is 0.